The van der Waals surface area contributed by atoms with Crippen LogP contribution >= 0.6 is 0 Å². The number of allylic oxidation sites excluding steroid dienone is 1. The lowest BCUT2D eigenvalue weighted by Crippen LogP contribution is -2.31. The van der Waals surface area contributed by atoms with E-state index in [0.29, 0.717) is 18.0 Å². The topological polar surface area (TPSA) is 3.24 Å². The molecule has 1 atom stereocenters. The molecule has 0 aliphatic carbocycles. The van der Waals surface area contributed by atoms with Gasteiger partial charge in [-0.3, -0.25) is 0 Å². The Hall–Kier alpha value is -1.45. The van der Waals surface area contributed by atoms with E-state index in [9.17, 15) is 13.2 Å². The van der Waals surface area contributed by atoms with Gasteiger partial charge in [0, 0.05) is 18.8 Å². The van der Waals surface area contributed by atoms with Crippen molar-refractivity contribution in [3.63, 3.8) is 0 Å². The summed E-state index contributed by atoms with van der Waals surface area (Å²) >= 11 is 0. The zero-order valence-electron chi connectivity index (χ0n) is 11.0. The highest BCUT2D eigenvalue weighted by molar-refractivity contribution is 5.30. The van der Waals surface area contributed by atoms with Crippen molar-refractivity contribution in [3.8, 4) is 0 Å². The molecule has 104 valence electrons. The molecule has 1 saturated heterocycles. The minimum Gasteiger partial charge on any atom is -0.371 e. The van der Waals surface area contributed by atoms with Crippen LogP contribution in [0.5, 0.6) is 0 Å². The van der Waals surface area contributed by atoms with Crippen LogP contribution in [-0.2, 0) is 12.7 Å². The van der Waals surface area contributed by atoms with Crippen LogP contribution in [0.25, 0.3) is 0 Å². The van der Waals surface area contributed by atoms with Crippen molar-refractivity contribution in [1.82, 2.24) is 4.90 Å². The van der Waals surface area contributed by atoms with Crippen molar-refractivity contribution >= 4 is 0 Å². The number of piperidine rings is 1. The summed E-state index contributed by atoms with van der Waals surface area (Å²) < 4.78 is 38.8. The maximum atomic E-state index is 12.9. The van der Waals surface area contributed by atoms with Gasteiger partial charge in [-0.15, -0.1) is 0 Å². The van der Waals surface area contributed by atoms with Crippen LogP contribution in [0, 0.1) is 5.92 Å². The maximum Gasteiger partial charge on any atom is 0.416 e. The third-order valence-electron chi connectivity index (χ3n) is 3.72. The molecule has 0 radical (unpaired) electrons. The number of likely N-dealkylation sites (tertiary alicyclic amines) is 1. The summed E-state index contributed by atoms with van der Waals surface area (Å²) in [4.78, 5) is 1.97. The zero-order valence-corrected chi connectivity index (χ0v) is 11.0. The summed E-state index contributed by atoms with van der Waals surface area (Å²) in [5.41, 5.74) is 0.731. The second-order valence-electron chi connectivity index (χ2n) is 5.11. The first-order chi connectivity index (χ1) is 8.89. The third-order valence-corrected chi connectivity index (χ3v) is 3.72. The van der Waals surface area contributed by atoms with E-state index in [-0.39, 0.29) is 0 Å². The van der Waals surface area contributed by atoms with E-state index < -0.39 is 11.7 Å². The number of rotatable bonds is 2. The van der Waals surface area contributed by atoms with E-state index in [1.807, 2.05) is 4.90 Å². The molecule has 0 spiro atoms. The molecular formula is C15H18F3N. The van der Waals surface area contributed by atoms with Crippen LogP contribution in [0.2, 0.25) is 0 Å². The Labute approximate surface area is 111 Å². The van der Waals surface area contributed by atoms with Crippen molar-refractivity contribution in [2.45, 2.75) is 32.5 Å². The number of hydrogen-bond donors (Lipinski definition) is 0. The average Bonchev–Trinajstić information content (AvgIpc) is 2.34. The minimum atomic E-state index is -4.29. The highest BCUT2D eigenvalue weighted by Gasteiger charge is 2.33. The lowest BCUT2D eigenvalue weighted by atomic mass is 9.95. The summed E-state index contributed by atoms with van der Waals surface area (Å²) in [6, 6.07) is 5.78. The third kappa shape index (κ3) is 3.11. The van der Waals surface area contributed by atoms with Gasteiger partial charge in [0.25, 0.3) is 0 Å². The Morgan fingerprint density at radius 3 is 2.68 bits per heavy atom. The molecule has 0 amide bonds. The molecule has 0 N–H and O–H groups in total. The van der Waals surface area contributed by atoms with Gasteiger partial charge in [0.15, 0.2) is 0 Å². The predicted octanol–water partition coefficient (Wildman–Crippen LogP) is 4.45. The number of alkyl halides is 3. The van der Waals surface area contributed by atoms with Gasteiger partial charge in [0.1, 0.15) is 0 Å². The normalized spacial score (nSPS) is 20.7. The molecule has 0 bridgehead atoms. The number of hydrogen-bond acceptors (Lipinski definition) is 1. The van der Waals surface area contributed by atoms with Gasteiger partial charge < -0.3 is 4.90 Å². The summed E-state index contributed by atoms with van der Waals surface area (Å²) in [6.07, 6.45) is -2.22. The molecule has 1 aromatic carbocycles. The predicted molar refractivity (Wildman–Crippen MR) is 69.4 cm³/mol. The molecule has 0 saturated carbocycles. The lowest BCUT2D eigenvalue weighted by molar-refractivity contribution is -0.138. The lowest BCUT2D eigenvalue weighted by Gasteiger charge is -2.35. The van der Waals surface area contributed by atoms with E-state index in [0.717, 1.165) is 31.1 Å². The van der Waals surface area contributed by atoms with Crippen LogP contribution in [0.1, 0.15) is 30.9 Å². The molecule has 4 heteroatoms. The van der Waals surface area contributed by atoms with E-state index in [1.165, 1.54) is 6.07 Å². The Balaban J connectivity index is 2.22. The second-order valence-corrected chi connectivity index (χ2v) is 5.11. The fraction of sp³-hybridized carbons (Fsp3) is 0.467. The van der Waals surface area contributed by atoms with Crippen molar-refractivity contribution in [3.05, 3.63) is 47.7 Å². The summed E-state index contributed by atoms with van der Waals surface area (Å²) in [7, 11) is 0. The maximum absolute atomic E-state index is 12.9. The smallest absolute Gasteiger partial charge is 0.371 e. The van der Waals surface area contributed by atoms with E-state index in [1.54, 1.807) is 12.1 Å². The Kier molecular flexibility index (Phi) is 3.88. The first-order valence-corrected chi connectivity index (χ1v) is 6.48. The van der Waals surface area contributed by atoms with Gasteiger partial charge in [-0.1, -0.05) is 31.7 Å². The minimum absolute atomic E-state index is 0.291. The zero-order chi connectivity index (χ0) is 14.0. The highest BCUT2D eigenvalue weighted by Crippen LogP contribution is 2.34. The molecule has 1 aromatic rings. The monoisotopic (exact) mass is 269 g/mol. The van der Waals surface area contributed by atoms with Crippen molar-refractivity contribution in [2.24, 2.45) is 5.92 Å². The van der Waals surface area contributed by atoms with E-state index in [4.69, 9.17) is 0 Å². The number of benzene rings is 1. The number of nitrogens with zero attached hydrogens (tertiary/aromatic N) is 1. The van der Waals surface area contributed by atoms with Gasteiger partial charge in [-0.05, 0) is 30.4 Å². The van der Waals surface area contributed by atoms with Gasteiger partial charge in [-0.25, -0.2) is 0 Å². The standard InChI is InChI=1S/C15H18F3N/c1-11-6-5-9-19(12(11)2)10-13-7-3-4-8-14(13)15(16,17)18/h3-4,7-8,11H,2,5-6,9-10H2,1H3. The van der Waals surface area contributed by atoms with Crippen LogP contribution in [-0.4, -0.2) is 11.4 Å². The molecule has 2 rings (SSSR count). The van der Waals surface area contributed by atoms with Crippen LogP contribution in [0.3, 0.4) is 0 Å². The molecular weight excluding hydrogens is 251 g/mol. The van der Waals surface area contributed by atoms with Gasteiger partial charge in [0.05, 0.1) is 5.56 Å². The molecule has 1 fully saturated rings. The molecule has 1 heterocycles. The number of halogens is 3. The Bertz CT molecular complexity index is 465. The molecule has 0 aromatic heterocycles. The van der Waals surface area contributed by atoms with Crippen molar-refractivity contribution in [2.75, 3.05) is 6.54 Å². The van der Waals surface area contributed by atoms with Crippen molar-refractivity contribution in [1.29, 1.82) is 0 Å². The molecule has 1 nitrogen and oxygen atoms in total. The SMILES string of the molecule is C=C1C(C)CCCN1Cc1ccccc1C(F)(F)F. The summed E-state index contributed by atoms with van der Waals surface area (Å²) in [5, 5.41) is 0. The summed E-state index contributed by atoms with van der Waals surface area (Å²) in [5.74, 6) is 0.354. The van der Waals surface area contributed by atoms with Crippen molar-refractivity contribution < 1.29 is 13.2 Å². The van der Waals surface area contributed by atoms with E-state index >= 15 is 0 Å². The average molecular weight is 269 g/mol. The largest absolute Gasteiger partial charge is 0.416 e. The first-order valence-electron chi connectivity index (χ1n) is 6.48. The highest BCUT2D eigenvalue weighted by atomic mass is 19.4. The molecule has 1 aliphatic heterocycles. The molecule has 19 heavy (non-hydrogen) atoms. The molecule has 1 unspecified atom stereocenters. The summed E-state index contributed by atoms with van der Waals surface area (Å²) in [6.45, 7) is 7.16. The van der Waals surface area contributed by atoms with Gasteiger partial charge >= 0.3 is 6.18 Å². The first kappa shape index (κ1) is 14.0. The van der Waals surface area contributed by atoms with E-state index in [2.05, 4.69) is 13.5 Å². The fourth-order valence-electron chi connectivity index (χ4n) is 2.53. The quantitative estimate of drug-likeness (QED) is 0.766. The van der Waals surface area contributed by atoms with Crippen LogP contribution < -0.4 is 0 Å². The second kappa shape index (κ2) is 5.27. The fourth-order valence-corrected chi connectivity index (χ4v) is 2.53. The van der Waals surface area contributed by atoms with Gasteiger partial charge in [-0.2, -0.15) is 13.2 Å². The van der Waals surface area contributed by atoms with Crippen LogP contribution in [0.4, 0.5) is 13.2 Å². The Morgan fingerprint density at radius 2 is 2.00 bits per heavy atom. The Morgan fingerprint density at radius 1 is 1.32 bits per heavy atom. The van der Waals surface area contributed by atoms with Gasteiger partial charge in [0.2, 0.25) is 0 Å². The molecule has 1 aliphatic rings. The van der Waals surface area contributed by atoms with Crippen LogP contribution in [0.15, 0.2) is 36.5 Å².